The number of benzene rings is 1. The highest BCUT2D eigenvalue weighted by atomic mass is 16.2. The van der Waals surface area contributed by atoms with Crippen LogP contribution < -0.4 is 0 Å². The maximum atomic E-state index is 12.2. The first-order valence-electron chi connectivity index (χ1n) is 6.30. The van der Waals surface area contributed by atoms with Gasteiger partial charge in [-0.05, 0) is 26.3 Å². The minimum absolute atomic E-state index is 0.0368. The first-order valence-corrected chi connectivity index (χ1v) is 6.30. The van der Waals surface area contributed by atoms with Crippen LogP contribution in [0.15, 0.2) is 24.3 Å². The summed E-state index contributed by atoms with van der Waals surface area (Å²) >= 11 is 0. The summed E-state index contributed by atoms with van der Waals surface area (Å²) in [5.74, 6) is 0.189. The second-order valence-electron chi connectivity index (χ2n) is 5.44. The van der Waals surface area contributed by atoms with E-state index in [4.69, 9.17) is 0 Å². The van der Waals surface area contributed by atoms with Gasteiger partial charge < -0.3 is 4.90 Å². The van der Waals surface area contributed by atoms with Crippen LogP contribution in [0, 0.1) is 6.92 Å². The summed E-state index contributed by atoms with van der Waals surface area (Å²) in [5.41, 5.74) is 1.55. The first kappa shape index (κ1) is 12.8. The van der Waals surface area contributed by atoms with Crippen LogP contribution in [-0.2, 0) is 16.0 Å². The molecule has 2 rings (SSSR count). The molecule has 0 saturated carbocycles. The van der Waals surface area contributed by atoms with Crippen LogP contribution in [0.5, 0.6) is 0 Å². The van der Waals surface area contributed by atoms with Crippen LogP contribution in [0.25, 0.3) is 0 Å². The number of hydrogen-bond donors (Lipinski definition) is 0. The van der Waals surface area contributed by atoms with Gasteiger partial charge in [-0.25, -0.2) is 0 Å². The maximum Gasteiger partial charge on any atom is 0.227 e. The summed E-state index contributed by atoms with van der Waals surface area (Å²) < 4.78 is 0. The van der Waals surface area contributed by atoms with E-state index in [0.717, 1.165) is 5.56 Å². The molecule has 1 aliphatic heterocycles. The standard InChI is InChI=1S/C15H19NO2/c1-11-4-6-12(7-5-11)10-14(18)16-9-8-13(17)15(16,2)3/h4-7H,8-10H2,1-3H3. The van der Waals surface area contributed by atoms with Gasteiger partial charge in [-0.3, -0.25) is 9.59 Å². The third-order valence-electron chi connectivity index (χ3n) is 3.70. The lowest BCUT2D eigenvalue weighted by molar-refractivity contribution is -0.138. The molecule has 3 nitrogen and oxygen atoms in total. The number of Topliss-reactive ketones (excluding diaryl/α,β-unsaturated/α-hetero) is 1. The molecule has 3 heteroatoms. The third-order valence-corrected chi connectivity index (χ3v) is 3.70. The van der Waals surface area contributed by atoms with E-state index in [-0.39, 0.29) is 11.7 Å². The van der Waals surface area contributed by atoms with Crippen molar-refractivity contribution in [3.63, 3.8) is 0 Å². The molecule has 0 radical (unpaired) electrons. The number of carbonyl (C=O) groups excluding carboxylic acids is 2. The highest BCUT2D eigenvalue weighted by molar-refractivity contribution is 5.95. The Morgan fingerprint density at radius 1 is 1.28 bits per heavy atom. The average molecular weight is 245 g/mol. The van der Waals surface area contributed by atoms with Crippen LogP contribution in [0.4, 0.5) is 0 Å². The Bertz CT molecular complexity index is 474. The van der Waals surface area contributed by atoms with Crippen molar-refractivity contribution in [2.45, 2.75) is 39.2 Å². The monoisotopic (exact) mass is 245 g/mol. The van der Waals surface area contributed by atoms with E-state index in [1.165, 1.54) is 5.56 Å². The van der Waals surface area contributed by atoms with Crippen LogP contribution >= 0.6 is 0 Å². The summed E-state index contributed by atoms with van der Waals surface area (Å²) in [7, 11) is 0. The Labute approximate surface area is 108 Å². The first-order chi connectivity index (χ1) is 8.41. The van der Waals surface area contributed by atoms with Crippen molar-refractivity contribution < 1.29 is 9.59 Å². The van der Waals surface area contributed by atoms with E-state index >= 15 is 0 Å². The van der Waals surface area contributed by atoms with Crippen molar-refractivity contribution in [1.29, 1.82) is 0 Å². The fraction of sp³-hybridized carbons (Fsp3) is 0.467. The molecule has 1 fully saturated rings. The van der Waals surface area contributed by atoms with Crippen molar-refractivity contribution in [3.8, 4) is 0 Å². The molecule has 18 heavy (non-hydrogen) atoms. The fourth-order valence-electron chi connectivity index (χ4n) is 2.36. The number of rotatable bonds is 2. The molecule has 0 bridgehead atoms. The predicted molar refractivity (Wildman–Crippen MR) is 70.3 cm³/mol. The number of aryl methyl sites for hydroxylation is 1. The Hall–Kier alpha value is -1.64. The number of nitrogens with zero attached hydrogens (tertiary/aromatic N) is 1. The topological polar surface area (TPSA) is 37.4 Å². The molecule has 1 aromatic carbocycles. The van der Waals surface area contributed by atoms with Gasteiger partial charge in [-0.2, -0.15) is 0 Å². The second kappa shape index (κ2) is 4.56. The molecule has 1 amide bonds. The molecule has 96 valence electrons. The zero-order valence-corrected chi connectivity index (χ0v) is 11.2. The number of carbonyl (C=O) groups is 2. The molecule has 0 atom stereocenters. The highest BCUT2D eigenvalue weighted by Gasteiger charge is 2.42. The second-order valence-corrected chi connectivity index (χ2v) is 5.44. The molecular weight excluding hydrogens is 226 g/mol. The lowest BCUT2D eigenvalue weighted by Gasteiger charge is -2.30. The molecule has 0 spiro atoms. The lowest BCUT2D eigenvalue weighted by Crippen LogP contribution is -2.46. The summed E-state index contributed by atoms with van der Waals surface area (Å²) in [4.78, 5) is 25.7. The van der Waals surface area contributed by atoms with Crippen molar-refractivity contribution in [2.75, 3.05) is 6.54 Å². The average Bonchev–Trinajstić information content (AvgIpc) is 2.57. The van der Waals surface area contributed by atoms with Gasteiger partial charge in [0.1, 0.15) is 0 Å². The van der Waals surface area contributed by atoms with Crippen molar-refractivity contribution in [2.24, 2.45) is 0 Å². The highest BCUT2D eigenvalue weighted by Crippen LogP contribution is 2.25. The van der Waals surface area contributed by atoms with Gasteiger partial charge in [-0.15, -0.1) is 0 Å². The van der Waals surface area contributed by atoms with Crippen LogP contribution in [0.2, 0.25) is 0 Å². The number of hydrogen-bond acceptors (Lipinski definition) is 2. The molecule has 1 heterocycles. The lowest BCUT2D eigenvalue weighted by atomic mass is 10.00. The molecule has 0 unspecified atom stereocenters. The molecule has 1 aliphatic rings. The molecule has 0 N–H and O–H groups in total. The van der Waals surface area contributed by atoms with Crippen molar-refractivity contribution in [1.82, 2.24) is 4.90 Å². The van der Waals surface area contributed by atoms with Crippen molar-refractivity contribution in [3.05, 3.63) is 35.4 Å². The van der Waals surface area contributed by atoms with E-state index in [1.54, 1.807) is 4.90 Å². The predicted octanol–water partition coefficient (Wildman–Crippen LogP) is 2.12. The van der Waals surface area contributed by atoms with E-state index in [9.17, 15) is 9.59 Å². The third kappa shape index (κ3) is 2.30. The Kier molecular flexibility index (Phi) is 3.24. The van der Waals surface area contributed by atoms with Gasteiger partial charge >= 0.3 is 0 Å². The van der Waals surface area contributed by atoms with Gasteiger partial charge in [0.05, 0.1) is 12.0 Å². The van der Waals surface area contributed by atoms with Crippen molar-refractivity contribution >= 4 is 11.7 Å². The smallest absolute Gasteiger partial charge is 0.227 e. The molecule has 1 aromatic rings. The number of amides is 1. The fourth-order valence-corrected chi connectivity index (χ4v) is 2.36. The zero-order valence-electron chi connectivity index (χ0n) is 11.2. The molecule has 0 aromatic heterocycles. The van der Waals surface area contributed by atoms with E-state index in [0.29, 0.717) is 19.4 Å². The van der Waals surface area contributed by atoms with E-state index in [2.05, 4.69) is 0 Å². The molecular formula is C15H19NO2. The normalized spacial score (nSPS) is 18.2. The van der Waals surface area contributed by atoms with Gasteiger partial charge in [0.25, 0.3) is 0 Å². The van der Waals surface area contributed by atoms with Gasteiger partial charge in [0, 0.05) is 13.0 Å². The van der Waals surface area contributed by atoms with Crippen LogP contribution in [0.1, 0.15) is 31.4 Å². The number of likely N-dealkylation sites (tertiary alicyclic amines) is 1. The summed E-state index contributed by atoms with van der Waals surface area (Å²) in [5, 5.41) is 0. The molecule has 0 aliphatic carbocycles. The number of ketones is 1. The van der Waals surface area contributed by atoms with Gasteiger partial charge in [0.2, 0.25) is 5.91 Å². The van der Waals surface area contributed by atoms with Crippen LogP contribution in [0.3, 0.4) is 0 Å². The minimum Gasteiger partial charge on any atom is -0.330 e. The Morgan fingerprint density at radius 2 is 1.89 bits per heavy atom. The van der Waals surface area contributed by atoms with Gasteiger partial charge in [0.15, 0.2) is 5.78 Å². The quantitative estimate of drug-likeness (QED) is 0.800. The van der Waals surface area contributed by atoms with Gasteiger partial charge in [-0.1, -0.05) is 29.8 Å². The zero-order chi connectivity index (χ0) is 13.3. The van der Waals surface area contributed by atoms with E-state index in [1.807, 2.05) is 45.0 Å². The summed E-state index contributed by atoms with van der Waals surface area (Å²) in [6.07, 6.45) is 0.851. The Balaban J connectivity index is 2.09. The minimum atomic E-state index is -0.637. The maximum absolute atomic E-state index is 12.2. The largest absolute Gasteiger partial charge is 0.330 e. The van der Waals surface area contributed by atoms with Crippen LogP contribution in [-0.4, -0.2) is 28.7 Å². The summed E-state index contributed by atoms with van der Waals surface area (Å²) in [6.45, 7) is 6.23. The van der Waals surface area contributed by atoms with E-state index < -0.39 is 5.54 Å². The Morgan fingerprint density at radius 3 is 2.39 bits per heavy atom. The molecule has 1 saturated heterocycles. The SMILES string of the molecule is Cc1ccc(CC(=O)N2CCC(=O)C2(C)C)cc1. The summed E-state index contributed by atoms with van der Waals surface area (Å²) in [6, 6.07) is 7.95.